The molecule has 1 aromatic heterocycles. The third-order valence-electron chi connectivity index (χ3n) is 4.31. The number of likely N-dealkylation sites (tertiary alicyclic amines) is 1. The highest BCUT2D eigenvalue weighted by Crippen LogP contribution is 2.23. The first kappa shape index (κ1) is 16.5. The van der Waals surface area contributed by atoms with Crippen molar-refractivity contribution in [2.75, 3.05) is 25.9 Å². The molecule has 0 amide bonds. The van der Waals surface area contributed by atoms with Gasteiger partial charge in [-0.15, -0.1) is 0 Å². The maximum atomic E-state index is 5.82. The Labute approximate surface area is 142 Å². The number of benzene rings is 1. The molecule has 3 rings (SSSR count). The summed E-state index contributed by atoms with van der Waals surface area (Å²) in [4.78, 5) is 6.63. The molecule has 1 fully saturated rings. The minimum atomic E-state index is 0.394. The number of hydrogen-bond donors (Lipinski definition) is 1. The van der Waals surface area contributed by atoms with Crippen LogP contribution in [0, 0.1) is 6.92 Å². The average Bonchev–Trinajstić information content (AvgIpc) is 2.91. The molecule has 1 aliphatic heterocycles. The van der Waals surface area contributed by atoms with Gasteiger partial charge < -0.3 is 10.5 Å². The number of aromatic nitrogens is 2. The molecule has 1 aliphatic rings. The SMILES string of the molecule is COc1ccc(C=Nn2cc(C)nc2N)cc1CN1CCCCC1. The molecule has 24 heavy (non-hydrogen) atoms. The number of rotatable bonds is 5. The summed E-state index contributed by atoms with van der Waals surface area (Å²) in [5.74, 6) is 1.32. The molecule has 0 radical (unpaired) electrons. The first-order chi connectivity index (χ1) is 11.7. The van der Waals surface area contributed by atoms with Gasteiger partial charge in [0.2, 0.25) is 5.95 Å². The largest absolute Gasteiger partial charge is 0.496 e. The Hall–Kier alpha value is -2.34. The van der Waals surface area contributed by atoms with E-state index in [0.29, 0.717) is 5.95 Å². The molecule has 0 atom stereocenters. The van der Waals surface area contributed by atoms with Crippen molar-refractivity contribution in [2.24, 2.45) is 5.10 Å². The van der Waals surface area contributed by atoms with Crippen molar-refractivity contribution in [3.63, 3.8) is 0 Å². The second kappa shape index (κ2) is 7.49. The van der Waals surface area contributed by atoms with Gasteiger partial charge in [-0.05, 0) is 56.6 Å². The monoisotopic (exact) mass is 327 g/mol. The van der Waals surface area contributed by atoms with Gasteiger partial charge in [0.1, 0.15) is 5.75 Å². The predicted molar refractivity (Wildman–Crippen MR) is 96.5 cm³/mol. The van der Waals surface area contributed by atoms with Crippen LogP contribution in [0.25, 0.3) is 0 Å². The van der Waals surface area contributed by atoms with Crippen molar-refractivity contribution >= 4 is 12.2 Å². The number of aryl methyl sites for hydroxylation is 1. The minimum Gasteiger partial charge on any atom is -0.496 e. The van der Waals surface area contributed by atoms with Crippen LogP contribution in [0.4, 0.5) is 5.95 Å². The highest BCUT2D eigenvalue weighted by molar-refractivity contribution is 5.80. The van der Waals surface area contributed by atoms with Gasteiger partial charge in [0.05, 0.1) is 25.2 Å². The summed E-state index contributed by atoms with van der Waals surface area (Å²) in [6, 6.07) is 6.14. The molecule has 2 aromatic rings. The molecule has 6 heteroatoms. The van der Waals surface area contributed by atoms with E-state index in [2.05, 4.69) is 21.1 Å². The zero-order valence-electron chi connectivity index (χ0n) is 14.4. The van der Waals surface area contributed by atoms with E-state index >= 15 is 0 Å². The van der Waals surface area contributed by atoms with E-state index in [4.69, 9.17) is 10.5 Å². The normalized spacial score (nSPS) is 15.9. The Morgan fingerprint density at radius 2 is 2.08 bits per heavy atom. The highest BCUT2D eigenvalue weighted by Gasteiger charge is 2.13. The number of nitrogens with zero attached hydrogens (tertiary/aromatic N) is 4. The molecule has 0 spiro atoms. The van der Waals surface area contributed by atoms with Gasteiger partial charge in [-0.2, -0.15) is 5.10 Å². The molecule has 2 N–H and O–H groups in total. The number of hydrogen-bond acceptors (Lipinski definition) is 5. The summed E-state index contributed by atoms with van der Waals surface area (Å²) in [5, 5.41) is 4.39. The van der Waals surface area contributed by atoms with Gasteiger partial charge in [0, 0.05) is 12.1 Å². The third kappa shape index (κ3) is 3.94. The topological polar surface area (TPSA) is 68.7 Å². The van der Waals surface area contributed by atoms with E-state index in [9.17, 15) is 0 Å². The summed E-state index contributed by atoms with van der Waals surface area (Å²) < 4.78 is 7.11. The number of nitrogen functional groups attached to an aromatic ring is 1. The lowest BCUT2D eigenvalue weighted by molar-refractivity contribution is 0.218. The zero-order valence-corrected chi connectivity index (χ0v) is 14.4. The molecule has 0 saturated carbocycles. The van der Waals surface area contributed by atoms with Crippen molar-refractivity contribution < 1.29 is 4.74 Å². The summed E-state index contributed by atoms with van der Waals surface area (Å²) in [7, 11) is 1.72. The Morgan fingerprint density at radius 1 is 1.29 bits per heavy atom. The van der Waals surface area contributed by atoms with E-state index in [1.807, 2.05) is 25.3 Å². The van der Waals surface area contributed by atoms with Crippen molar-refractivity contribution in [2.45, 2.75) is 32.7 Å². The van der Waals surface area contributed by atoms with E-state index in [1.54, 1.807) is 18.0 Å². The molecule has 0 unspecified atom stereocenters. The zero-order chi connectivity index (χ0) is 16.9. The Bertz CT molecular complexity index is 716. The Balaban J connectivity index is 1.78. The minimum absolute atomic E-state index is 0.394. The quantitative estimate of drug-likeness (QED) is 0.857. The average molecular weight is 327 g/mol. The lowest BCUT2D eigenvalue weighted by atomic mass is 10.1. The number of piperidine rings is 1. The summed E-state index contributed by atoms with van der Waals surface area (Å²) in [6.07, 6.45) is 7.51. The van der Waals surface area contributed by atoms with Gasteiger partial charge in [0.15, 0.2) is 0 Å². The molecule has 128 valence electrons. The van der Waals surface area contributed by atoms with Gasteiger partial charge in [-0.1, -0.05) is 6.42 Å². The van der Waals surface area contributed by atoms with Crippen LogP contribution in [0.15, 0.2) is 29.5 Å². The van der Waals surface area contributed by atoms with Gasteiger partial charge in [-0.3, -0.25) is 4.90 Å². The lowest BCUT2D eigenvalue weighted by Gasteiger charge is -2.27. The molecule has 1 aromatic carbocycles. The fourth-order valence-electron chi connectivity index (χ4n) is 3.09. The molecule has 1 saturated heterocycles. The fraction of sp³-hybridized carbons (Fsp3) is 0.444. The standard InChI is InChI=1S/C18H25N5O/c1-14-12-23(18(19)21-14)20-11-15-6-7-17(24-2)16(10-15)13-22-8-4-3-5-9-22/h6-7,10-12H,3-5,8-9,13H2,1-2H3,(H2,19,21). The first-order valence-corrected chi connectivity index (χ1v) is 8.41. The van der Waals surface area contributed by atoms with Crippen molar-refractivity contribution in [1.82, 2.24) is 14.6 Å². The number of nitrogens with two attached hydrogens (primary N) is 1. The summed E-state index contributed by atoms with van der Waals surface area (Å²) in [6.45, 7) is 5.13. The third-order valence-corrected chi connectivity index (χ3v) is 4.31. The van der Waals surface area contributed by atoms with Gasteiger partial charge in [-0.25, -0.2) is 9.66 Å². The maximum Gasteiger partial charge on any atom is 0.221 e. The van der Waals surface area contributed by atoms with Crippen molar-refractivity contribution in [1.29, 1.82) is 0 Å². The number of imidazole rings is 1. The molecule has 6 nitrogen and oxygen atoms in total. The summed E-state index contributed by atoms with van der Waals surface area (Å²) in [5.41, 5.74) is 8.88. The maximum absolute atomic E-state index is 5.82. The molecule has 2 heterocycles. The number of ether oxygens (including phenoxy) is 1. The van der Waals surface area contributed by atoms with Crippen LogP contribution in [-0.2, 0) is 6.54 Å². The second-order valence-electron chi connectivity index (χ2n) is 6.24. The van der Waals surface area contributed by atoms with Crippen LogP contribution < -0.4 is 10.5 Å². The van der Waals surface area contributed by atoms with Crippen LogP contribution >= 0.6 is 0 Å². The predicted octanol–water partition coefficient (Wildman–Crippen LogP) is 2.65. The summed E-state index contributed by atoms with van der Waals surface area (Å²) >= 11 is 0. The lowest BCUT2D eigenvalue weighted by Crippen LogP contribution is -2.29. The number of anilines is 1. The van der Waals surface area contributed by atoms with E-state index in [0.717, 1.165) is 36.6 Å². The highest BCUT2D eigenvalue weighted by atomic mass is 16.5. The molecular weight excluding hydrogens is 302 g/mol. The van der Waals surface area contributed by atoms with Crippen LogP contribution in [0.3, 0.4) is 0 Å². The molecule has 0 aliphatic carbocycles. The van der Waals surface area contributed by atoms with E-state index < -0.39 is 0 Å². The van der Waals surface area contributed by atoms with Crippen molar-refractivity contribution in [3.05, 3.63) is 41.2 Å². The Morgan fingerprint density at radius 3 is 2.75 bits per heavy atom. The van der Waals surface area contributed by atoms with Gasteiger partial charge in [0.25, 0.3) is 0 Å². The van der Waals surface area contributed by atoms with E-state index in [-0.39, 0.29) is 0 Å². The van der Waals surface area contributed by atoms with Crippen LogP contribution in [0.2, 0.25) is 0 Å². The molecule has 0 bridgehead atoms. The van der Waals surface area contributed by atoms with Crippen LogP contribution in [0.5, 0.6) is 5.75 Å². The smallest absolute Gasteiger partial charge is 0.221 e. The van der Waals surface area contributed by atoms with Crippen molar-refractivity contribution in [3.8, 4) is 5.75 Å². The number of methoxy groups -OCH3 is 1. The van der Waals surface area contributed by atoms with Crippen LogP contribution in [0.1, 0.15) is 36.1 Å². The van der Waals surface area contributed by atoms with Crippen LogP contribution in [-0.4, -0.2) is 41.0 Å². The Kier molecular flexibility index (Phi) is 5.15. The van der Waals surface area contributed by atoms with E-state index in [1.165, 1.54) is 24.8 Å². The van der Waals surface area contributed by atoms with Gasteiger partial charge >= 0.3 is 0 Å². The molecular formula is C18H25N5O. The second-order valence-corrected chi connectivity index (χ2v) is 6.24. The first-order valence-electron chi connectivity index (χ1n) is 8.41. The fourth-order valence-corrected chi connectivity index (χ4v) is 3.09.